The number of aromatic nitrogens is 2. The van der Waals surface area contributed by atoms with Crippen molar-refractivity contribution in [1.82, 2.24) is 15.3 Å². The molecule has 0 spiro atoms. The van der Waals surface area contributed by atoms with E-state index in [4.69, 9.17) is 9.97 Å². The van der Waals surface area contributed by atoms with E-state index in [9.17, 15) is 0 Å². The second-order valence-electron chi connectivity index (χ2n) is 12.6. The molecule has 236 valence electrons. The first kappa shape index (κ1) is 29.6. The van der Waals surface area contributed by atoms with Gasteiger partial charge in [0.25, 0.3) is 0 Å². The Balaban J connectivity index is 1.18. The van der Waals surface area contributed by atoms with Crippen molar-refractivity contribution < 1.29 is 0 Å². The van der Waals surface area contributed by atoms with Crippen LogP contribution in [0.3, 0.4) is 0 Å². The van der Waals surface area contributed by atoms with Crippen LogP contribution in [0.5, 0.6) is 0 Å². The fourth-order valence-electron chi connectivity index (χ4n) is 7.13. The van der Waals surface area contributed by atoms with E-state index >= 15 is 0 Å². The topological polar surface area (TPSA) is 37.8 Å². The van der Waals surface area contributed by atoms with Gasteiger partial charge in [0.05, 0.1) is 11.4 Å². The van der Waals surface area contributed by atoms with Crippen LogP contribution in [0.2, 0.25) is 0 Å². The summed E-state index contributed by atoms with van der Waals surface area (Å²) in [6.07, 6.45) is 6.38. The SMILES string of the molecule is C1=CC(c2cccc(-c3cc(-c4ccccc4)nc(-c4ccc(-c5c6ccccc6c(-c6ccccc6)c6ccccc56)cc4)n3)c2)=CNC1. The fourth-order valence-corrected chi connectivity index (χ4v) is 7.13. The number of hydrogen-bond donors (Lipinski definition) is 1. The second-order valence-corrected chi connectivity index (χ2v) is 12.6. The zero-order chi connectivity index (χ0) is 33.3. The van der Waals surface area contributed by atoms with E-state index in [2.05, 4.69) is 181 Å². The molecule has 3 nitrogen and oxygen atoms in total. The van der Waals surface area contributed by atoms with E-state index in [1.807, 2.05) is 6.07 Å². The molecule has 0 atom stereocenters. The van der Waals surface area contributed by atoms with Crippen molar-refractivity contribution in [1.29, 1.82) is 0 Å². The molecule has 1 aliphatic rings. The molecular formula is C47H33N3. The molecule has 0 saturated carbocycles. The van der Waals surface area contributed by atoms with Gasteiger partial charge in [0.2, 0.25) is 0 Å². The first-order valence-corrected chi connectivity index (χ1v) is 17.1. The average molecular weight is 640 g/mol. The first-order valence-electron chi connectivity index (χ1n) is 17.1. The zero-order valence-electron chi connectivity index (χ0n) is 27.4. The quantitative estimate of drug-likeness (QED) is 0.184. The van der Waals surface area contributed by atoms with E-state index in [0.717, 1.165) is 51.3 Å². The van der Waals surface area contributed by atoms with Crippen LogP contribution in [0.1, 0.15) is 5.56 Å². The average Bonchev–Trinajstić information content (AvgIpc) is 3.21. The lowest BCUT2D eigenvalue weighted by Gasteiger charge is -2.18. The summed E-state index contributed by atoms with van der Waals surface area (Å²) in [5.41, 5.74) is 12.1. The molecule has 1 N–H and O–H groups in total. The Morgan fingerprint density at radius 1 is 0.400 bits per heavy atom. The summed E-state index contributed by atoms with van der Waals surface area (Å²) in [4.78, 5) is 10.3. The fraction of sp³-hybridized carbons (Fsp3) is 0.0213. The molecule has 0 radical (unpaired) electrons. The maximum absolute atomic E-state index is 5.17. The van der Waals surface area contributed by atoms with Gasteiger partial charge in [-0.2, -0.15) is 0 Å². The highest BCUT2D eigenvalue weighted by Crippen LogP contribution is 2.43. The molecule has 3 heteroatoms. The number of allylic oxidation sites excluding steroid dienone is 2. The van der Waals surface area contributed by atoms with E-state index in [0.29, 0.717) is 5.82 Å². The Hall–Kier alpha value is -6.58. The van der Waals surface area contributed by atoms with Gasteiger partial charge in [-0.25, -0.2) is 9.97 Å². The summed E-state index contributed by atoms with van der Waals surface area (Å²) in [5, 5.41) is 8.29. The molecule has 7 aromatic carbocycles. The van der Waals surface area contributed by atoms with Gasteiger partial charge in [-0.3, -0.25) is 0 Å². The third kappa shape index (κ3) is 5.45. The summed E-state index contributed by atoms with van der Waals surface area (Å²) in [5.74, 6) is 0.700. The van der Waals surface area contributed by atoms with Crippen LogP contribution >= 0.6 is 0 Å². The van der Waals surface area contributed by atoms with Gasteiger partial charge in [-0.15, -0.1) is 0 Å². The lowest BCUT2D eigenvalue weighted by molar-refractivity contribution is 0.976. The minimum atomic E-state index is 0.700. The Morgan fingerprint density at radius 3 is 1.46 bits per heavy atom. The molecular weight excluding hydrogens is 607 g/mol. The number of hydrogen-bond acceptors (Lipinski definition) is 3. The Kier molecular flexibility index (Phi) is 7.56. The molecule has 0 amide bonds. The number of nitrogens with zero attached hydrogens (tertiary/aromatic N) is 2. The summed E-state index contributed by atoms with van der Waals surface area (Å²) in [6.45, 7) is 0.850. The predicted octanol–water partition coefficient (Wildman–Crippen LogP) is 11.6. The summed E-state index contributed by atoms with van der Waals surface area (Å²) < 4.78 is 0. The third-order valence-electron chi connectivity index (χ3n) is 9.50. The number of dihydropyridines is 1. The predicted molar refractivity (Wildman–Crippen MR) is 209 cm³/mol. The van der Waals surface area contributed by atoms with Crippen LogP contribution in [-0.4, -0.2) is 16.5 Å². The lowest BCUT2D eigenvalue weighted by Crippen LogP contribution is -2.08. The molecule has 1 aliphatic heterocycles. The first-order chi connectivity index (χ1) is 24.8. The van der Waals surface area contributed by atoms with Crippen LogP contribution in [0.25, 0.3) is 83.3 Å². The molecule has 50 heavy (non-hydrogen) atoms. The number of rotatable bonds is 6. The minimum absolute atomic E-state index is 0.700. The van der Waals surface area contributed by atoms with Crippen molar-refractivity contribution in [2.75, 3.05) is 6.54 Å². The summed E-state index contributed by atoms with van der Waals surface area (Å²) >= 11 is 0. The van der Waals surface area contributed by atoms with Crippen molar-refractivity contribution >= 4 is 27.1 Å². The maximum atomic E-state index is 5.17. The maximum Gasteiger partial charge on any atom is 0.160 e. The zero-order valence-corrected chi connectivity index (χ0v) is 27.4. The van der Waals surface area contributed by atoms with E-state index in [1.54, 1.807) is 0 Å². The van der Waals surface area contributed by atoms with Crippen LogP contribution in [-0.2, 0) is 0 Å². The molecule has 0 fully saturated rings. The van der Waals surface area contributed by atoms with Crippen molar-refractivity contribution in [3.05, 3.63) is 188 Å². The summed E-state index contributed by atoms with van der Waals surface area (Å²) in [6, 6.07) is 58.1. The van der Waals surface area contributed by atoms with Gasteiger partial charge in [-0.1, -0.05) is 164 Å². The van der Waals surface area contributed by atoms with Gasteiger partial charge in [0.1, 0.15) is 0 Å². The molecule has 8 aromatic rings. The second kappa shape index (κ2) is 12.8. The van der Waals surface area contributed by atoms with Crippen molar-refractivity contribution in [2.45, 2.75) is 0 Å². The molecule has 1 aromatic heterocycles. The van der Waals surface area contributed by atoms with Crippen LogP contribution in [0, 0.1) is 0 Å². The van der Waals surface area contributed by atoms with Gasteiger partial charge in [-0.05, 0) is 67.1 Å². The van der Waals surface area contributed by atoms with E-state index in [1.165, 1.54) is 38.2 Å². The summed E-state index contributed by atoms with van der Waals surface area (Å²) in [7, 11) is 0. The molecule has 0 bridgehead atoms. The third-order valence-corrected chi connectivity index (χ3v) is 9.50. The minimum Gasteiger partial charge on any atom is -0.387 e. The monoisotopic (exact) mass is 639 g/mol. The van der Waals surface area contributed by atoms with Gasteiger partial charge in [0, 0.05) is 29.4 Å². The standard InChI is InChI=1S/C47H33N3/c1-3-13-32(14-4-1)43-30-44(37-18-11-17-36(29-37)38-19-12-28-48-31-38)50-47(49-43)35-26-24-34(25-27-35)46-41-22-9-7-20-39(41)45(33-15-5-2-6-16-33)40-21-8-10-23-42(40)46/h1-27,29-31,48H,28H2. The van der Waals surface area contributed by atoms with Crippen LogP contribution < -0.4 is 5.32 Å². The molecule has 0 saturated heterocycles. The van der Waals surface area contributed by atoms with Gasteiger partial charge >= 0.3 is 0 Å². The number of benzene rings is 7. The molecule has 0 unspecified atom stereocenters. The highest BCUT2D eigenvalue weighted by molar-refractivity contribution is 6.21. The number of fused-ring (bicyclic) bond motifs is 2. The van der Waals surface area contributed by atoms with Crippen LogP contribution in [0.4, 0.5) is 0 Å². The highest BCUT2D eigenvalue weighted by atomic mass is 14.9. The Morgan fingerprint density at radius 2 is 0.880 bits per heavy atom. The van der Waals surface area contributed by atoms with Crippen molar-refractivity contribution in [3.63, 3.8) is 0 Å². The van der Waals surface area contributed by atoms with E-state index in [-0.39, 0.29) is 0 Å². The highest BCUT2D eigenvalue weighted by Gasteiger charge is 2.17. The normalized spacial score (nSPS) is 12.5. The smallest absolute Gasteiger partial charge is 0.160 e. The van der Waals surface area contributed by atoms with Crippen LogP contribution in [0.15, 0.2) is 182 Å². The Bertz CT molecular complexity index is 2510. The van der Waals surface area contributed by atoms with Gasteiger partial charge in [0.15, 0.2) is 5.82 Å². The largest absolute Gasteiger partial charge is 0.387 e. The number of nitrogens with one attached hydrogen (secondary N) is 1. The van der Waals surface area contributed by atoms with E-state index < -0.39 is 0 Å². The lowest BCUT2D eigenvalue weighted by atomic mass is 9.86. The molecule has 2 heterocycles. The van der Waals surface area contributed by atoms with Crippen molar-refractivity contribution in [2.24, 2.45) is 0 Å². The molecule has 9 rings (SSSR count). The molecule has 0 aliphatic carbocycles. The van der Waals surface area contributed by atoms with Crippen molar-refractivity contribution in [3.8, 4) is 56.2 Å². The van der Waals surface area contributed by atoms with Gasteiger partial charge < -0.3 is 5.32 Å². The Labute approximate surface area is 292 Å².